The number of hydrogen-bond acceptors (Lipinski definition) is 4. The van der Waals surface area contributed by atoms with Crippen LogP contribution < -0.4 is 5.73 Å². The second-order valence-electron chi connectivity index (χ2n) is 3.79. The fourth-order valence-electron chi connectivity index (χ4n) is 1.64. The Bertz CT molecular complexity index is 508. The van der Waals surface area contributed by atoms with E-state index in [1.165, 1.54) is 18.2 Å². The van der Waals surface area contributed by atoms with E-state index in [4.69, 9.17) is 10.8 Å². The number of halogens is 2. The molecule has 0 aliphatic rings. The molecule has 0 aliphatic heterocycles. The topological polar surface area (TPSA) is 83.6 Å². The van der Waals surface area contributed by atoms with E-state index in [-0.39, 0.29) is 18.0 Å². The number of rotatable bonds is 7. The maximum absolute atomic E-state index is 12.4. The molecule has 0 radical (unpaired) electrons. The summed E-state index contributed by atoms with van der Waals surface area (Å²) in [6.45, 7) is -1.89. The van der Waals surface area contributed by atoms with E-state index in [2.05, 4.69) is 0 Å². The average molecular weight is 294 g/mol. The van der Waals surface area contributed by atoms with Crippen LogP contribution in [0.15, 0.2) is 29.2 Å². The lowest BCUT2D eigenvalue weighted by molar-refractivity contribution is 0.113. The number of sulfonamides is 1. The molecule has 0 aromatic heterocycles. The molecule has 0 fully saturated rings. The van der Waals surface area contributed by atoms with Crippen molar-refractivity contribution in [3.8, 4) is 0 Å². The Balaban J connectivity index is 3.18. The van der Waals surface area contributed by atoms with Gasteiger partial charge in [0, 0.05) is 13.1 Å². The van der Waals surface area contributed by atoms with Gasteiger partial charge in [0.05, 0.1) is 18.0 Å². The van der Waals surface area contributed by atoms with Gasteiger partial charge in [-0.05, 0) is 11.6 Å². The van der Waals surface area contributed by atoms with Gasteiger partial charge in [-0.25, -0.2) is 17.2 Å². The maximum Gasteiger partial charge on any atom is 0.252 e. The second-order valence-corrected chi connectivity index (χ2v) is 5.70. The van der Waals surface area contributed by atoms with Gasteiger partial charge in [0.2, 0.25) is 10.0 Å². The highest BCUT2D eigenvalue weighted by Crippen LogP contribution is 2.20. The van der Waals surface area contributed by atoms with Crippen LogP contribution in [-0.4, -0.2) is 44.0 Å². The molecule has 8 heteroatoms. The Hall–Kier alpha value is -1.09. The standard InChI is InChI=1S/C11H16F2N2O3S/c12-11(13)8-15(5-6-16)19(17,18)10-4-2-1-3-9(10)7-14/h1-4,11,16H,5-8,14H2. The minimum Gasteiger partial charge on any atom is -0.395 e. The lowest BCUT2D eigenvalue weighted by atomic mass is 10.2. The van der Waals surface area contributed by atoms with Crippen molar-refractivity contribution in [1.29, 1.82) is 0 Å². The predicted octanol–water partition coefficient (Wildman–Crippen LogP) is 0.393. The highest BCUT2D eigenvalue weighted by molar-refractivity contribution is 7.89. The summed E-state index contributed by atoms with van der Waals surface area (Å²) in [5, 5.41) is 8.81. The van der Waals surface area contributed by atoms with Crippen molar-refractivity contribution in [3.63, 3.8) is 0 Å². The molecular weight excluding hydrogens is 278 g/mol. The van der Waals surface area contributed by atoms with E-state index in [0.717, 1.165) is 0 Å². The van der Waals surface area contributed by atoms with Crippen LogP contribution >= 0.6 is 0 Å². The van der Waals surface area contributed by atoms with Crippen molar-refractivity contribution in [2.24, 2.45) is 5.73 Å². The third-order valence-electron chi connectivity index (χ3n) is 2.50. The summed E-state index contributed by atoms with van der Waals surface area (Å²) in [4.78, 5) is -0.105. The molecule has 0 atom stereocenters. The predicted molar refractivity (Wildman–Crippen MR) is 66.2 cm³/mol. The van der Waals surface area contributed by atoms with E-state index in [0.29, 0.717) is 9.87 Å². The molecule has 0 amide bonds. The quantitative estimate of drug-likeness (QED) is 0.762. The molecule has 5 nitrogen and oxygen atoms in total. The van der Waals surface area contributed by atoms with Crippen LogP contribution in [0.2, 0.25) is 0 Å². The molecule has 19 heavy (non-hydrogen) atoms. The lowest BCUT2D eigenvalue weighted by Crippen LogP contribution is -2.37. The molecule has 0 saturated carbocycles. The van der Waals surface area contributed by atoms with Gasteiger partial charge in [-0.15, -0.1) is 0 Å². The van der Waals surface area contributed by atoms with E-state index in [1.54, 1.807) is 6.07 Å². The summed E-state index contributed by atoms with van der Waals surface area (Å²) in [5.41, 5.74) is 5.79. The van der Waals surface area contributed by atoms with E-state index < -0.39 is 29.6 Å². The summed E-state index contributed by atoms with van der Waals surface area (Å²) in [7, 11) is -4.09. The monoisotopic (exact) mass is 294 g/mol. The number of aliphatic hydroxyl groups is 1. The van der Waals surface area contributed by atoms with Crippen molar-refractivity contribution in [3.05, 3.63) is 29.8 Å². The first-order valence-corrected chi connectivity index (χ1v) is 7.04. The van der Waals surface area contributed by atoms with Crippen molar-refractivity contribution in [2.45, 2.75) is 17.9 Å². The Morgan fingerprint density at radius 2 is 1.95 bits per heavy atom. The Labute approximate surface area is 110 Å². The van der Waals surface area contributed by atoms with Crippen molar-refractivity contribution in [1.82, 2.24) is 4.31 Å². The maximum atomic E-state index is 12.4. The molecule has 0 aliphatic carbocycles. The first-order valence-electron chi connectivity index (χ1n) is 5.60. The average Bonchev–Trinajstić information content (AvgIpc) is 2.37. The summed E-state index contributed by atoms with van der Waals surface area (Å²) >= 11 is 0. The minimum atomic E-state index is -4.09. The third kappa shape index (κ3) is 3.93. The van der Waals surface area contributed by atoms with Gasteiger partial charge < -0.3 is 10.8 Å². The zero-order chi connectivity index (χ0) is 14.5. The number of alkyl halides is 2. The summed E-state index contributed by atoms with van der Waals surface area (Å²) < 4.78 is 49.9. The van der Waals surface area contributed by atoms with Crippen LogP contribution in [0.5, 0.6) is 0 Å². The number of hydrogen-bond donors (Lipinski definition) is 2. The Kier molecular flexibility index (Phi) is 5.80. The molecule has 0 bridgehead atoms. The van der Waals surface area contributed by atoms with E-state index in [1.807, 2.05) is 0 Å². The Morgan fingerprint density at radius 3 is 2.47 bits per heavy atom. The van der Waals surface area contributed by atoms with Gasteiger partial charge in [-0.3, -0.25) is 0 Å². The molecule has 1 aromatic rings. The molecule has 0 heterocycles. The molecule has 1 rings (SSSR count). The van der Waals surface area contributed by atoms with Crippen molar-refractivity contribution in [2.75, 3.05) is 19.7 Å². The van der Waals surface area contributed by atoms with Crippen LogP contribution in [0.25, 0.3) is 0 Å². The molecule has 3 N–H and O–H groups in total. The minimum absolute atomic E-state index is 0.0168. The third-order valence-corrected chi connectivity index (χ3v) is 4.47. The van der Waals surface area contributed by atoms with Gasteiger partial charge in [-0.2, -0.15) is 4.31 Å². The highest BCUT2D eigenvalue weighted by atomic mass is 32.2. The molecule has 0 saturated heterocycles. The zero-order valence-electron chi connectivity index (χ0n) is 10.2. The SMILES string of the molecule is NCc1ccccc1S(=O)(=O)N(CCO)CC(F)F. The molecule has 108 valence electrons. The Morgan fingerprint density at radius 1 is 1.32 bits per heavy atom. The molecule has 0 unspecified atom stereocenters. The number of nitrogens with two attached hydrogens (primary N) is 1. The fraction of sp³-hybridized carbons (Fsp3) is 0.455. The number of nitrogens with zero attached hydrogens (tertiary/aromatic N) is 1. The van der Waals surface area contributed by atoms with Crippen LogP contribution in [-0.2, 0) is 16.6 Å². The highest BCUT2D eigenvalue weighted by Gasteiger charge is 2.28. The summed E-state index contributed by atoms with van der Waals surface area (Å²) in [6, 6.07) is 5.94. The van der Waals surface area contributed by atoms with Gasteiger partial charge in [0.15, 0.2) is 0 Å². The van der Waals surface area contributed by atoms with Crippen LogP contribution in [0.4, 0.5) is 8.78 Å². The normalized spacial score (nSPS) is 12.3. The fourth-order valence-corrected chi connectivity index (χ4v) is 3.28. The smallest absolute Gasteiger partial charge is 0.252 e. The summed E-state index contributed by atoms with van der Waals surface area (Å²) in [5.74, 6) is 0. The number of aliphatic hydroxyl groups excluding tert-OH is 1. The number of benzene rings is 1. The first kappa shape index (κ1) is 16.0. The first-order chi connectivity index (χ1) is 8.93. The summed E-state index contributed by atoms with van der Waals surface area (Å²) in [6.07, 6.45) is -2.81. The molecule has 0 spiro atoms. The van der Waals surface area contributed by atoms with Gasteiger partial charge in [-0.1, -0.05) is 18.2 Å². The van der Waals surface area contributed by atoms with E-state index in [9.17, 15) is 17.2 Å². The van der Waals surface area contributed by atoms with Crippen LogP contribution in [0.3, 0.4) is 0 Å². The van der Waals surface area contributed by atoms with Crippen LogP contribution in [0.1, 0.15) is 5.56 Å². The molecule has 1 aromatic carbocycles. The largest absolute Gasteiger partial charge is 0.395 e. The van der Waals surface area contributed by atoms with Crippen molar-refractivity contribution < 1.29 is 22.3 Å². The zero-order valence-corrected chi connectivity index (χ0v) is 11.0. The van der Waals surface area contributed by atoms with Gasteiger partial charge >= 0.3 is 0 Å². The molecular formula is C11H16F2N2O3S. The second kappa shape index (κ2) is 6.90. The van der Waals surface area contributed by atoms with Crippen molar-refractivity contribution >= 4 is 10.0 Å². The van der Waals surface area contributed by atoms with Gasteiger partial charge in [0.1, 0.15) is 0 Å². The van der Waals surface area contributed by atoms with Crippen LogP contribution in [0, 0.1) is 0 Å². The van der Waals surface area contributed by atoms with Gasteiger partial charge in [0.25, 0.3) is 6.43 Å². The lowest BCUT2D eigenvalue weighted by Gasteiger charge is -2.22. The van der Waals surface area contributed by atoms with E-state index >= 15 is 0 Å².